The number of nitrogens with one attached hydrogen (secondary N) is 1. The second kappa shape index (κ2) is 7.95. The second-order valence-electron chi connectivity index (χ2n) is 7.10. The van der Waals surface area contributed by atoms with Crippen LogP contribution in [0.2, 0.25) is 0 Å². The standard InChI is InChI=1S/C19H32N2/c1-15(2)12-20-13-19-7-5-6-10-21(19)14-18-11-16(3)8-9-17(18)4/h8-9,11,15,19-20H,5-7,10,12-14H2,1-4H3. The van der Waals surface area contributed by atoms with E-state index in [1.54, 1.807) is 0 Å². The molecule has 1 aromatic carbocycles. The van der Waals surface area contributed by atoms with Crippen LogP contribution in [0.1, 0.15) is 49.8 Å². The van der Waals surface area contributed by atoms with Crippen molar-refractivity contribution in [2.24, 2.45) is 5.92 Å². The van der Waals surface area contributed by atoms with Crippen molar-refractivity contribution >= 4 is 0 Å². The average molecular weight is 288 g/mol. The van der Waals surface area contributed by atoms with Crippen LogP contribution in [-0.4, -0.2) is 30.6 Å². The summed E-state index contributed by atoms with van der Waals surface area (Å²) in [5.74, 6) is 0.737. The molecule has 1 saturated heterocycles. The van der Waals surface area contributed by atoms with Crippen molar-refractivity contribution < 1.29 is 0 Å². The smallest absolute Gasteiger partial charge is 0.0239 e. The molecule has 0 bridgehead atoms. The predicted octanol–water partition coefficient (Wildman–Crippen LogP) is 3.90. The summed E-state index contributed by atoms with van der Waals surface area (Å²) in [6, 6.07) is 7.55. The van der Waals surface area contributed by atoms with E-state index >= 15 is 0 Å². The minimum Gasteiger partial charge on any atom is -0.315 e. The lowest BCUT2D eigenvalue weighted by Crippen LogP contribution is -2.45. The van der Waals surface area contributed by atoms with Crippen molar-refractivity contribution in [1.29, 1.82) is 0 Å². The lowest BCUT2D eigenvalue weighted by atomic mass is 9.99. The maximum atomic E-state index is 3.65. The average Bonchev–Trinajstić information content (AvgIpc) is 2.44. The normalized spacial score (nSPS) is 20.1. The maximum absolute atomic E-state index is 3.65. The zero-order valence-corrected chi connectivity index (χ0v) is 14.3. The molecule has 2 rings (SSSR count). The summed E-state index contributed by atoms with van der Waals surface area (Å²) >= 11 is 0. The van der Waals surface area contributed by atoms with Crippen LogP contribution in [0, 0.1) is 19.8 Å². The summed E-state index contributed by atoms with van der Waals surface area (Å²) in [6.07, 6.45) is 4.08. The molecule has 0 aliphatic carbocycles. The molecule has 0 aromatic heterocycles. The molecule has 1 aliphatic rings. The molecule has 0 radical (unpaired) electrons. The zero-order valence-electron chi connectivity index (χ0n) is 14.3. The number of rotatable bonds is 6. The Morgan fingerprint density at radius 3 is 2.81 bits per heavy atom. The molecular formula is C19H32N2. The molecule has 1 atom stereocenters. The lowest BCUT2D eigenvalue weighted by molar-refractivity contribution is 0.136. The molecule has 0 amide bonds. The van der Waals surface area contributed by atoms with Gasteiger partial charge in [0.05, 0.1) is 0 Å². The van der Waals surface area contributed by atoms with E-state index in [2.05, 4.69) is 56.1 Å². The van der Waals surface area contributed by atoms with Crippen LogP contribution >= 0.6 is 0 Å². The minimum absolute atomic E-state index is 0.706. The summed E-state index contributed by atoms with van der Waals surface area (Å²) in [5, 5.41) is 3.65. The van der Waals surface area contributed by atoms with Gasteiger partial charge in [-0.25, -0.2) is 0 Å². The SMILES string of the molecule is Cc1ccc(C)c(CN2CCCCC2CNCC(C)C)c1. The van der Waals surface area contributed by atoms with Gasteiger partial charge in [-0.3, -0.25) is 4.90 Å². The lowest BCUT2D eigenvalue weighted by Gasteiger charge is -2.36. The molecule has 1 N–H and O–H groups in total. The monoisotopic (exact) mass is 288 g/mol. The third kappa shape index (κ3) is 5.12. The van der Waals surface area contributed by atoms with Crippen molar-refractivity contribution in [2.75, 3.05) is 19.6 Å². The number of likely N-dealkylation sites (tertiary alicyclic amines) is 1. The van der Waals surface area contributed by atoms with Gasteiger partial charge in [0.2, 0.25) is 0 Å². The second-order valence-corrected chi connectivity index (χ2v) is 7.10. The fourth-order valence-electron chi connectivity index (χ4n) is 3.23. The number of aryl methyl sites for hydroxylation is 2. The molecule has 1 aromatic rings. The van der Waals surface area contributed by atoms with E-state index in [1.807, 2.05) is 0 Å². The van der Waals surface area contributed by atoms with E-state index in [0.29, 0.717) is 6.04 Å². The Balaban J connectivity index is 1.96. The van der Waals surface area contributed by atoms with Crippen molar-refractivity contribution in [1.82, 2.24) is 10.2 Å². The number of hydrogen-bond donors (Lipinski definition) is 1. The van der Waals surface area contributed by atoms with Gasteiger partial charge in [0.1, 0.15) is 0 Å². The van der Waals surface area contributed by atoms with Gasteiger partial charge in [-0.1, -0.05) is 44.0 Å². The van der Waals surface area contributed by atoms with Crippen LogP contribution in [0.15, 0.2) is 18.2 Å². The number of hydrogen-bond acceptors (Lipinski definition) is 2. The maximum Gasteiger partial charge on any atom is 0.0239 e. The van der Waals surface area contributed by atoms with Gasteiger partial charge in [0.25, 0.3) is 0 Å². The molecule has 118 valence electrons. The Morgan fingerprint density at radius 2 is 2.05 bits per heavy atom. The molecule has 2 nitrogen and oxygen atoms in total. The van der Waals surface area contributed by atoms with Crippen molar-refractivity contribution in [3.8, 4) is 0 Å². The molecule has 1 heterocycles. The molecule has 0 saturated carbocycles. The Bertz CT molecular complexity index is 439. The summed E-state index contributed by atoms with van der Waals surface area (Å²) < 4.78 is 0. The highest BCUT2D eigenvalue weighted by molar-refractivity contribution is 5.30. The van der Waals surface area contributed by atoms with Gasteiger partial charge in [-0.15, -0.1) is 0 Å². The molecule has 0 spiro atoms. The number of piperidine rings is 1. The van der Waals surface area contributed by atoms with E-state index in [9.17, 15) is 0 Å². The Morgan fingerprint density at radius 1 is 1.24 bits per heavy atom. The first-order chi connectivity index (χ1) is 10.1. The molecule has 2 heteroatoms. The molecule has 1 unspecified atom stereocenters. The Hall–Kier alpha value is -0.860. The van der Waals surface area contributed by atoms with Gasteiger partial charge in [0.15, 0.2) is 0 Å². The van der Waals surface area contributed by atoms with E-state index in [4.69, 9.17) is 0 Å². The Kier molecular flexibility index (Phi) is 6.25. The topological polar surface area (TPSA) is 15.3 Å². The van der Waals surface area contributed by atoms with Crippen molar-refractivity contribution in [3.63, 3.8) is 0 Å². The number of nitrogens with zero attached hydrogens (tertiary/aromatic N) is 1. The van der Waals surface area contributed by atoms with Gasteiger partial charge in [0, 0.05) is 19.1 Å². The summed E-state index contributed by atoms with van der Waals surface area (Å²) in [4.78, 5) is 2.69. The highest BCUT2D eigenvalue weighted by Crippen LogP contribution is 2.21. The first-order valence-corrected chi connectivity index (χ1v) is 8.57. The summed E-state index contributed by atoms with van der Waals surface area (Å²) in [6.45, 7) is 13.6. The van der Waals surface area contributed by atoms with Crippen LogP contribution in [0.5, 0.6) is 0 Å². The fraction of sp³-hybridized carbons (Fsp3) is 0.684. The predicted molar refractivity (Wildman–Crippen MR) is 91.7 cm³/mol. The minimum atomic E-state index is 0.706. The van der Waals surface area contributed by atoms with Gasteiger partial charge < -0.3 is 5.32 Å². The van der Waals surface area contributed by atoms with Crippen LogP contribution in [0.4, 0.5) is 0 Å². The molecular weight excluding hydrogens is 256 g/mol. The van der Waals surface area contributed by atoms with Gasteiger partial charge >= 0.3 is 0 Å². The van der Waals surface area contributed by atoms with Crippen LogP contribution in [0.3, 0.4) is 0 Å². The quantitative estimate of drug-likeness (QED) is 0.854. The summed E-state index contributed by atoms with van der Waals surface area (Å²) in [7, 11) is 0. The molecule has 21 heavy (non-hydrogen) atoms. The van der Waals surface area contributed by atoms with Crippen LogP contribution in [-0.2, 0) is 6.54 Å². The third-order valence-corrected chi connectivity index (χ3v) is 4.56. The first-order valence-electron chi connectivity index (χ1n) is 8.57. The zero-order chi connectivity index (χ0) is 15.2. The van der Waals surface area contributed by atoms with E-state index in [1.165, 1.54) is 42.5 Å². The van der Waals surface area contributed by atoms with Crippen molar-refractivity contribution in [2.45, 2.75) is 59.5 Å². The van der Waals surface area contributed by atoms with Crippen molar-refractivity contribution in [3.05, 3.63) is 34.9 Å². The molecule has 1 aliphatic heterocycles. The summed E-state index contributed by atoms with van der Waals surface area (Å²) in [5.41, 5.74) is 4.31. The molecule has 1 fully saturated rings. The van der Waals surface area contributed by atoms with Crippen LogP contribution < -0.4 is 5.32 Å². The van der Waals surface area contributed by atoms with Gasteiger partial charge in [-0.05, 0) is 56.8 Å². The fourth-order valence-corrected chi connectivity index (χ4v) is 3.23. The number of benzene rings is 1. The van der Waals surface area contributed by atoms with Crippen LogP contribution in [0.25, 0.3) is 0 Å². The Labute approximate surface area is 130 Å². The largest absolute Gasteiger partial charge is 0.315 e. The van der Waals surface area contributed by atoms with Gasteiger partial charge in [-0.2, -0.15) is 0 Å². The third-order valence-electron chi connectivity index (χ3n) is 4.56. The van der Waals surface area contributed by atoms with E-state index in [0.717, 1.165) is 25.6 Å². The van der Waals surface area contributed by atoms with E-state index in [-0.39, 0.29) is 0 Å². The first kappa shape index (κ1) is 16.5. The van der Waals surface area contributed by atoms with E-state index < -0.39 is 0 Å². The highest BCUT2D eigenvalue weighted by Gasteiger charge is 2.22. The highest BCUT2D eigenvalue weighted by atomic mass is 15.2.